The van der Waals surface area contributed by atoms with Crippen LogP contribution in [0.2, 0.25) is 0 Å². The third kappa shape index (κ3) is 12.1. The number of nitrogens with zero attached hydrogens (tertiary/aromatic N) is 2. The molecule has 24 aromatic rings. The Balaban J connectivity index is 0.000000135. The van der Waals surface area contributed by atoms with E-state index in [1.165, 1.54) is 175 Å². The Morgan fingerprint density at radius 2 is 0.387 bits per heavy atom. The van der Waals surface area contributed by atoms with Gasteiger partial charge in [0.05, 0.1) is 55.8 Å². The Morgan fingerprint density at radius 1 is 0.140 bits per heavy atom. The molecule has 4 aliphatic carbocycles. The minimum atomic E-state index is -0.648. The Morgan fingerprint density at radius 3 is 0.793 bits per heavy atom. The molecule has 6 heteroatoms. The number of rotatable bonds is 10. The average molecular weight is 1940 g/mol. The summed E-state index contributed by atoms with van der Waals surface area (Å²) >= 11 is 3.78. The average Bonchev–Trinajstić information content (AvgIpc) is 1.51. The van der Waals surface area contributed by atoms with Crippen molar-refractivity contribution in [2.75, 3.05) is 9.80 Å². The molecule has 0 bridgehead atoms. The topological polar surface area (TPSA) is 24.9 Å². The van der Waals surface area contributed by atoms with Crippen LogP contribution in [0.1, 0.15) is 89.0 Å². The molecule has 700 valence electrons. The summed E-state index contributed by atoms with van der Waals surface area (Å²) in [6.45, 7) is 0. The van der Waals surface area contributed by atoms with Gasteiger partial charge >= 0.3 is 0 Å². The van der Waals surface area contributed by atoms with Crippen molar-refractivity contribution in [3.8, 4) is 112 Å². The standard InChI is InChI=1S/2C72H45NOS/c1-2-20-46(21-3-1)47-40-42-48(43-41-47)49-22-6-13-33-62(49)73(64-35-19-32-60-70(64)53-24-5-8-27-55(53)71(60)56-28-9-14-36-65(56)74-66-37-15-10-29-57(66)71)63-34-18-25-51-50(63)44-45-61-69(51)52-23-4-7-26-54(52)72(61)58-30-11-16-38-67(58)75-68-39-17-12-31-59(68)72;1-2-21-46(22-3-1)47-41-43-48(44-42-47)49-23-8-15-35-62(49)73(63-36-20-34-60-70(63)53-27-7-10-29-55(53)71(60)56-30-11-16-37-65(56)74-66-38-17-12-31-57(66)71)64-45-61-69(51-25-5-4-24-50(51)64)52-26-6-9-28-54(52)72(61)58-32-13-18-39-67(58)75-68-40-19-14-33-59(68)72/h2*1-45H. The highest BCUT2D eigenvalue weighted by atomic mass is 32.2. The molecule has 4 nitrogen and oxygen atoms in total. The Bertz CT molecular complexity index is 9560. The minimum Gasteiger partial charge on any atom is -0.457 e. The highest BCUT2D eigenvalue weighted by Crippen LogP contribution is 2.72. The Hall–Kier alpha value is -18.3. The van der Waals surface area contributed by atoms with Crippen molar-refractivity contribution in [3.63, 3.8) is 0 Å². The zero-order chi connectivity index (χ0) is 98.5. The summed E-state index contributed by atoms with van der Waals surface area (Å²) in [5, 5.41) is 4.83. The van der Waals surface area contributed by atoms with Crippen molar-refractivity contribution < 1.29 is 9.47 Å². The summed E-state index contributed by atoms with van der Waals surface area (Å²) in [5.74, 6) is 3.53. The van der Waals surface area contributed by atoms with Crippen LogP contribution >= 0.6 is 23.5 Å². The van der Waals surface area contributed by atoms with E-state index < -0.39 is 21.7 Å². The van der Waals surface area contributed by atoms with E-state index in [2.05, 4.69) is 556 Å². The van der Waals surface area contributed by atoms with E-state index in [1.807, 2.05) is 23.5 Å². The van der Waals surface area contributed by atoms with Crippen molar-refractivity contribution in [2.24, 2.45) is 0 Å². The molecule has 24 aromatic carbocycles. The highest BCUT2D eigenvalue weighted by Gasteiger charge is 2.57. The Kier molecular flexibility index (Phi) is 19.3. The number of ether oxygens (including phenoxy) is 2. The normalized spacial score (nSPS) is 14.1. The number of hydrogen-bond acceptors (Lipinski definition) is 6. The van der Waals surface area contributed by atoms with Gasteiger partial charge in [-0.15, -0.1) is 0 Å². The van der Waals surface area contributed by atoms with Crippen LogP contribution in [0.3, 0.4) is 0 Å². The van der Waals surface area contributed by atoms with E-state index in [4.69, 9.17) is 9.47 Å². The molecular weight excluding hydrogens is 1850 g/mol. The van der Waals surface area contributed by atoms with Gasteiger partial charge in [-0.05, 0) is 229 Å². The van der Waals surface area contributed by atoms with Gasteiger partial charge < -0.3 is 19.3 Å². The smallest absolute Gasteiger partial charge is 0.132 e. The van der Waals surface area contributed by atoms with E-state index in [9.17, 15) is 0 Å². The van der Waals surface area contributed by atoms with Crippen molar-refractivity contribution in [1.82, 2.24) is 0 Å². The Labute approximate surface area is 879 Å². The molecule has 0 fully saturated rings. The second-order valence-corrected chi connectivity index (χ2v) is 42.4. The molecule has 0 unspecified atom stereocenters. The first-order valence-electron chi connectivity index (χ1n) is 51.8. The molecule has 0 radical (unpaired) electrons. The lowest BCUT2D eigenvalue weighted by Crippen LogP contribution is -2.32. The van der Waals surface area contributed by atoms with Gasteiger partial charge in [0.15, 0.2) is 0 Å². The summed E-state index contributed by atoms with van der Waals surface area (Å²) in [6.07, 6.45) is 0. The van der Waals surface area contributed by atoms with Crippen LogP contribution in [0, 0.1) is 0 Å². The number of anilines is 6. The molecule has 4 spiro atoms. The first kappa shape index (κ1) is 86.0. The van der Waals surface area contributed by atoms with Gasteiger partial charge in [-0.25, -0.2) is 0 Å². The molecular formula is C144H90N2O2S2. The molecule has 0 amide bonds. The number of fused-ring (bicyclic) bond motifs is 40. The van der Waals surface area contributed by atoms with Crippen molar-refractivity contribution >= 4 is 79.2 Å². The van der Waals surface area contributed by atoms with Gasteiger partial charge in [0.25, 0.3) is 0 Å². The van der Waals surface area contributed by atoms with Crippen LogP contribution in [-0.4, -0.2) is 0 Å². The van der Waals surface area contributed by atoms with Gasteiger partial charge in [0, 0.05) is 74.9 Å². The molecule has 150 heavy (non-hydrogen) atoms. The highest BCUT2D eigenvalue weighted by molar-refractivity contribution is 7.99. The zero-order valence-corrected chi connectivity index (χ0v) is 83.1. The van der Waals surface area contributed by atoms with Gasteiger partial charge in [0.1, 0.15) is 23.0 Å². The molecule has 0 N–H and O–H groups in total. The maximum Gasteiger partial charge on any atom is 0.132 e. The van der Waals surface area contributed by atoms with Gasteiger partial charge in [-0.3, -0.25) is 0 Å². The van der Waals surface area contributed by atoms with Crippen LogP contribution < -0.4 is 19.3 Å². The van der Waals surface area contributed by atoms with Crippen LogP contribution in [0.15, 0.2) is 566 Å². The summed E-state index contributed by atoms with van der Waals surface area (Å²) in [4.78, 5) is 10.4. The molecule has 4 heterocycles. The zero-order valence-electron chi connectivity index (χ0n) is 81.5. The molecule has 0 saturated carbocycles. The third-order valence-corrected chi connectivity index (χ3v) is 35.5. The number of benzene rings is 24. The summed E-state index contributed by atoms with van der Waals surface area (Å²) < 4.78 is 13.6. The summed E-state index contributed by atoms with van der Waals surface area (Å²) in [6, 6.07) is 203. The quantitative estimate of drug-likeness (QED) is 0.135. The monoisotopic (exact) mass is 1940 g/mol. The van der Waals surface area contributed by atoms with E-state index >= 15 is 0 Å². The van der Waals surface area contributed by atoms with E-state index in [1.54, 1.807) is 0 Å². The molecule has 0 aromatic heterocycles. The predicted octanol–water partition coefficient (Wildman–Crippen LogP) is 37.9. The minimum absolute atomic E-state index is 0.485. The van der Waals surface area contributed by atoms with Gasteiger partial charge in [-0.1, -0.05) is 485 Å². The summed E-state index contributed by atoms with van der Waals surface area (Å²) in [5.41, 5.74) is 43.8. The van der Waals surface area contributed by atoms with Crippen LogP contribution in [-0.2, 0) is 21.7 Å². The van der Waals surface area contributed by atoms with Crippen LogP contribution in [0.25, 0.3) is 111 Å². The SMILES string of the molecule is c1ccc(-c2ccc(-c3ccccc3N(c3cccc4c3-c3ccccc3C43c4ccccc4Oc4ccccc43)c3cc4c(c5ccccc35)-c3ccccc3C43c4ccccc4Sc4ccccc43)cc2)cc1.c1ccc(-c2ccc(-c3ccccc3N(c3cccc4c3-c3ccccc3C43c4ccccc4Oc4ccccc43)c3cccc4c5c(ccc34)C3(c4ccccc4Sc4ccccc43)c3ccccc3-5)cc2)cc1. The molecule has 8 aliphatic rings. The fourth-order valence-electron chi connectivity index (χ4n) is 27.5. The van der Waals surface area contributed by atoms with E-state index in [0.717, 1.165) is 102 Å². The van der Waals surface area contributed by atoms with Crippen molar-refractivity contribution in [1.29, 1.82) is 0 Å². The lowest BCUT2D eigenvalue weighted by atomic mass is 9.66. The third-order valence-electron chi connectivity index (χ3n) is 33.2. The predicted molar refractivity (Wildman–Crippen MR) is 617 cm³/mol. The fraction of sp³-hybridized carbons (Fsp3) is 0.0278. The second-order valence-electron chi connectivity index (χ2n) is 40.3. The second kappa shape index (κ2) is 33.6. The van der Waals surface area contributed by atoms with Crippen LogP contribution in [0.4, 0.5) is 34.1 Å². The molecule has 32 rings (SSSR count). The lowest BCUT2D eigenvalue weighted by Gasteiger charge is -2.40. The van der Waals surface area contributed by atoms with Gasteiger partial charge in [-0.2, -0.15) is 0 Å². The first-order valence-corrected chi connectivity index (χ1v) is 53.5. The lowest BCUT2D eigenvalue weighted by molar-refractivity contribution is 0.436. The largest absolute Gasteiger partial charge is 0.457 e. The van der Waals surface area contributed by atoms with E-state index in [-0.39, 0.29) is 0 Å². The molecule has 0 saturated heterocycles. The van der Waals surface area contributed by atoms with Gasteiger partial charge in [0.2, 0.25) is 0 Å². The maximum absolute atomic E-state index is 6.82. The van der Waals surface area contributed by atoms with Crippen molar-refractivity contribution in [3.05, 3.63) is 635 Å². The molecule has 4 aliphatic heterocycles. The fourth-order valence-corrected chi connectivity index (χ4v) is 29.8. The number of para-hydroxylation sites is 6. The first-order chi connectivity index (χ1) is 74.4. The maximum atomic E-state index is 6.82. The van der Waals surface area contributed by atoms with Crippen LogP contribution in [0.5, 0.6) is 23.0 Å². The van der Waals surface area contributed by atoms with E-state index in [0.29, 0.717) is 0 Å². The number of hydrogen-bond donors (Lipinski definition) is 0. The molecule has 0 atom stereocenters. The summed E-state index contributed by atoms with van der Waals surface area (Å²) in [7, 11) is 0. The van der Waals surface area contributed by atoms with Crippen molar-refractivity contribution in [2.45, 2.75) is 41.2 Å².